The molecule has 0 unspecified atom stereocenters. The molecule has 9 heteroatoms. The largest absolute Gasteiger partial charge is 0.337 e. The molecule has 0 spiro atoms. The number of nitrogens with one attached hydrogen (secondary N) is 1. The lowest BCUT2D eigenvalue weighted by Crippen LogP contribution is -2.13. The van der Waals surface area contributed by atoms with E-state index in [1.807, 2.05) is 6.07 Å². The van der Waals surface area contributed by atoms with Crippen LogP contribution in [0.5, 0.6) is 0 Å². The van der Waals surface area contributed by atoms with E-state index >= 15 is 0 Å². The second-order valence-electron chi connectivity index (χ2n) is 5.21. The zero-order valence-corrected chi connectivity index (χ0v) is 15.5. The lowest BCUT2D eigenvalue weighted by molar-refractivity contribution is 0.588. The Kier molecular flexibility index (Phi) is 4.36. The van der Waals surface area contributed by atoms with Crippen molar-refractivity contribution in [2.45, 2.75) is 0 Å². The van der Waals surface area contributed by atoms with Gasteiger partial charge in [-0.25, -0.2) is 15.0 Å². The third-order valence-electron chi connectivity index (χ3n) is 3.12. The van der Waals surface area contributed by atoms with E-state index < -0.39 is 7.14 Å². The number of pyridine rings is 2. The zero-order chi connectivity index (χ0) is 16.6. The van der Waals surface area contributed by atoms with Crippen LogP contribution in [0.3, 0.4) is 0 Å². The molecule has 0 saturated carbocycles. The summed E-state index contributed by atoms with van der Waals surface area (Å²) in [5.41, 5.74) is 1.16. The molecule has 3 rings (SSSR count). The molecule has 0 aliphatic rings. The Labute approximate surface area is 146 Å². The summed E-state index contributed by atoms with van der Waals surface area (Å²) in [6, 6.07) is 3.65. The molecule has 0 bridgehead atoms. The molecule has 1 N–H and O–H groups in total. The van der Waals surface area contributed by atoms with Crippen LogP contribution in [0.25, 0.3) is 11.0 Å². The minimum Gasteiger partial charge on any atom is -0.337 e. The van der Waals surface area contributed by atoms with Gasteiger partial charge in [0.1, 0.15) is 13.0 Å². The molecule has 0 aliphatic carbocycles. The summed E-state index contributed by atoms with van der Waals surface area (Å²) in [6.07, 6.45) is 4.81. The van der Waals surface area contributed by atoms with Crippen LogP contribution in [0.1, 0.15) is 0 Å². The van der Waals surface area contributed by atoms with Gasteiger partial charge in [-0.2, -0.15) is 4.98 Å². The van der Waals surface area contributed by atoms with Gasteiger partial charge in [0.05, 0.1) is 16.4 Å². The molecule has 0 amide bonds. The molecule has 23 heavy (non-hydrogen) atoms. The van der Waals surface area contributed by atoms with Crippen LogP contribution < -0.4 is 10.6 Å². The van der Waals surface area contributed by atoms with Gasteiger partial charge in [0.15, 0.2) is 5.65 Å². The van der Waals surface area contributed by atoms with Gasteiger partial charge in [-0.15, -0.1) is 0 Å². The summed E-state index contributed by atoms with van der Waals surface area (Å²) in [4.78, 5) is 16.6. The monoisotopic (exact) mass is 411 g/mol. The van der Waals surface area contributed by atoms with Gasteiger partial charge in [-0.05, 0) is 53.0 Å². The molecule has 6 nitrogen and oxygen atoms in total. The number of aromatic nitrogens is 4. The Hall–Kier alpha value is -1.56. The lowest BCUT2D eigenvalue weighted by atomic mass is 10.2. The number of rotatable bonds is 3. The Morgan fingerprint density at radius 1 is 1.22 bits per heavy atom. The second kappa shape index (κ2) is 6.15. The molecule has 118 valence electrons. The molecule has 3 aromatic rings. The van der Waals surface area contributed by atoms with Gasteiger partial charge in [0.25, 0.3) is 0 Å². The van der Waals surface area contributed by atoms with Crippen molar-refractivity contribution in [1.82, 2.24) is 19.9 Å². The summed E-state index contributed by atoms with van der Waals surface area (Å²) in [7, 11) is -2.60. The van der Waals surface area contributed by atoms with Crippen molar-refractivity contribution >= 4 is 62.5 Å². The molecular formula is C14H12BrClN5OP. The van der Waals surface area contributed by atoms with E-state index in [2.05, 4.69) is 41.2 Å². The van der Waals surface area contributed by atoms with Gasteiger partial charge < -0.3 is 9.88 Å². The fourth-order valence-electron chi connectivity index (χ4n) is 2.25. The highest BCUT2D eigenvalue weighted by Gasteiger charge is 2.21. The highest BCUT2D eigenvalue weighted by atomic mass is 79.9. The fourth-order valence-corrected chi connectivity index (χ4v) is 4.12. The first kappa shape index (κ1) is 16.3. The summed E-state index contributed by atoms with van der Waals surface area (Å²) in [5, 5.41) is 4.68. The number of fused-ring (bicyclic) bond motifs is 1. The maximum absolute atomic E-state index is 12.8. The zero-order valence-electron chi connectivity index (χ0n) is 12.3. The van der Waals surface area contributed by atoms with Crippen LogP contribution in [0.15, 0.2) is 35.2 Å². The molecule has 0 saturated heterocycles. The Morgan fingerprint density at radius 2 is 2.00 bits per heavy atom. The number of nitrogens with zero attached hydrogens (tertiary/aromatic N) is 4. The van der Waals surface area contributed by atoms with Crippen molar-refractivity contribution in [2.24, 2.45) is 0 Å². The highest BCUT2D eigenvalue weighted by Crippen LogP contribution is 2.41. The van der Waals surface area contributed by atoms with E-state index in [0.29, 0.717) is 26.9 Å². The van der Waals surface area contributed by atoms with E-state index in [1.54, 1.807) is 38.0 Å². The normalized spacial score (nSPS) is 11.7. The van der Waals surface area contributed by atoms with Gasteiger partial charge in [0.2, 0.25) is 5.28 Å². The van der Waals surface area contributed by atoms with Gasteiger partial charge in [0, 0.05) is 23.1 Å². The van der Waals surface area contributed by atoms with Crippen LogP contribution in [-0.2, 0) is 4.57 Å². The van der Waals surface area contributed by atoms with Crippen LogP contribution in [0.2, 0.25) is 5.28 Å². The first-order valence-corrected chi connectivity index (χ1v) is 10.4. The second-order valence-corrected chi connectivity index (χ2v) is 9.55. The number of hydrogen-bond acceptors (Lipinski definition) is 6. The van der Waals surface area contributed by atoms with Gasteiger partial charge in [-0.1, -0.05) is 0 Å². The van der Waals surface area contributed by atoms with E-state index in [9.17, 15) is 4.57 Å². The molecular weight excluding hydrogens is 401 g/mol. The van der Waals surface area contributed by atoms with Gasteiger partial charge >= 0.3 is 0 Å². The number of halogens is 2. The average Bonchev–Trinajstić information content (AvgIpc) is 2.49. The minimum atomic E-state index is -2.60. The average molecular weight is 413 g/mol. The van der Waals surface area contributed by atoms with Gasteiger partial charge in [-0.3, -0.25) is 0 Å². The van der Waals surface area contributed by atoms with E-state index in [-0.39, 0.29) is 5.28 Å². The third kappa shape index (κ3) is 3.37. The van der Waals surface area contributed by atoms with Crippen molar-refractivity contribution in [2.75, 3.05) is 18.6 Å². The minimum absolute atomic E-state index is 0.115. The highest BCUT2D eigenvalue weighted by molar-refractivity contribution is 9.10. The molecule has 0 fully saturated rings. The van der Waals surface area contributed by atoms with Crippen LogP contribution in [0.4, 0.5) is 11.5 Å². The quantitative estimate of drug-likeness (QED) is 0.520. The van der Waals surface area contributed by atoms with Crippen molar-refractivity contribution < 1.29 is 4.57 Å². The summed E-state index contributed by atoms with van der Waals surface area (Å²) in [5.74, 6) is 0.477. The van der Waals surface area contributed by atoms with Crippen molar-refractivity contribution in [3.8, 4) is 0 Å². The maximum Gasteiger partial charge on any atom is 0.224 e. The molecule has 3 heterocycles. The van der Waals surface area contributed by atoms with Crippen molar-refractivity contribution in [1.29, 1.82) is 0 Å². The smallest absolute Gasteiger partial charge is 0.224 e. The molecule has 3 aromatic heterocycles. The Balaban J connectivity index is 2.21. The van der Waals surface area contributed by atoms with E-state index in [1.165, 1.54) is 0 Å². The van der Waals surface area contributed by atoms with Crippen LogP contribution in [0, 0.1) is 0 Å². The predicted molar refractivity (Wildman–Crippen MR) is 96.7 cm³/mol. The molecule has 0 aliphatic heterocycles. The maximum atomic E-state index is 12.8. The molecule has 0 radical (unpaired) electrons. The SMILES string of the molecule is CP(C)(=O)c1c(Nc2nc(Cl)ncc2Br)cnc2ncccc12. The van der Waals surface area contributed by atoms with Crippen LogP contribution in [-0.4, -0.2) is 33.3 Å². The molecule has 0 atom stereocenters. The standard InChI is InChI=1S/C14H12BrClN5OP/c1-23(2,22)11-8-4-3-5-17-12(8)18-7-10(11)20-13-9(15)6-19-14(16)21-13/h3-7H,1-2H3,(H,19,20,21). The lowest BCUT2D eigenvalue weighted by Gasteiger charge is -2.17. The van der Waals surface area contributed by atoms with Crippen molar-refractivity contribution in [3.05, 3.63) is 40.5 Å². The predicted octanol–water partition coefficient (Wildman–Crippen LogP) is 3.83. The van der Waals surface area contributed by atoms with E-state index in [4.69, 9.17) is 11.6 Å². The Bertz CT molecular complexity index is 946. The third-order valence-corrected chi connectivity index (χ3v) is 5.44. The fraction of sp³-hybridized carbons (Fsp3) is 0.143. The summed E-state index contributed by atoms with van der Waals surface area (Å²) < 4.78 is 13.5. The summed E-state index contributed by atoms with van der Waals surface area (Å²) >= 11 is 9.21. The van der Waals surface area contributed by atoms with E-state index in [0.717, 1.165) is 5.39 Å². The van der Waals surface area contributed by atoms with Crippen LogP contribution >= 0.6 is 34.7 Å². The topological polar surface area (TPSA) is 80.7 Å². The number of anilines is 2. The first-order chi connectivity index (χ1) is 10.9. The summed E-state index contributed by atoms with van der Waals surface area (Å²) in [6.45, 7) is 3.42. The van der Waals surface area contributed by atoms with Crippen molar-refractivity contribution in [3.63, 3.8) is 0 Å². The molecule has 0 aromatic carbocycles. The number of hydrogen-bond donors (Lipinski definition) is 1. The Morgan fingerprint density at radius 3 is 2.74 bits per heavy atom. The first-order valence-electron chi connectivity index (χ1n) is 6.60.